The Morgan fingerprint density at radius 2 is 1.75 bits per heavy atom. The minimum absolute atomic E-state index is 0.0593. The van der Waals surface area contributed by atoms with Gasteiger partial charge < -0.3 is 19.9 Å². The van der Waals surface area contributed by atoms with E-state index in [4.69, 9.17) is 9.47 Å². The molecule has 0 aromatic heterocycles. The van der Waals surface area contributed by atoms with Crippen molar-refractivity contribution in [3.63, 3.8) is 0 Å². The zero-order valence-corrected chi connectivity index (χ0v) is 22.6. The second kappa shape index (κ2) is 13.9. The minimum Gasteiger partial charge on any atom is -0.466 e. The Balaban J connectivity index is 1.49. The van der Waals surface area contributed by atoms with Crippen LogP contribution in [0.1, 0.15) is 81.7 Å². The first-order chi connectivity index (χ1) is 17.3. The van der Waals surface area contributed by atoms with Crippen LogP contribution in [0.2, 0.25) is 0 Å². The maximum absolute atomic E-state index is 11.9. The lowest BCUT2D eigenvalue weighted by Crippen LogP contribution is -2.45. The largest absolute Gasteiger partial charge is 0.466 e. The number of carbonyl (C=O) groups excluding carboxylic acids is 1. The summed E-state index contributed by atoms with van der Waals surface area (Å²) in [6, 6.07) is 16.9. The highest BCUT2D eigenvalue weighted by Crippen LogP contribution is 2.32. The molecule has 0 saturated carbocycles. The lowest BCUT2D eigenvalue weighted by molar-refractivity contribution is -0.143. The van der Waals surface area contributed by atoms with Gasteiger partial charge in [0.05, 0.1) is 25.4 Å². The molecule has 2 atom stereocenters. The smallest absolute Gasteiger partial charge is 0.306 e. The molecule has 2 aromatic rings. The highest BCUT2D eigenvalue weighted by Gasteiger charge is 2.28. The zero-order valence-electron chi connectivity index (χ0n) is 22.6. The van der Waals surface area contributed by atoms with Crippen LogP contribution >= 0.6 is 0 Å². The first-order valence-electron chi connectivity index (χ1n) is 13.7. The highest BCUT2D eigenvalue weighted by atomic mass is 16.5. The molecule has 5 heteroatoms. The maximum atomic E-state index is 11.9. The second-order valence-corrected chi connectivity index (χ2v) is 10.8. The van der Waals surface area contributed by atoms with Gasteiger partial charge in [0.25, 0.3) is 0 Å². The molecule has 2 N–H and O–H groups in total. The normalized spacial score (nSPS) is 15.5. The van der Waals surface area contributed by atoms with Crippen LogP contribution in [0.4, 0.5) is 0 Å². The van der Waals surface area contributed by atoms with E-state index in [1.54, 1.807) is 0 Å². The Kier molecular flexibility index (Phi) is 11.0. The molecule has 0 heterocycles. The van der Waals surface area contributed by atoms with Crippen LogP contribution < -0.4 is 5.32 Å². The summed E-state index contributed by atoms with van der Waals surface area (Å²) in [5.74, 6) is 0.462. The maximum Gasteiger partial charge on any atom is 0.306 e. The Morgan fingerprint density at radius 3 is 2.42 bits per heavy atom. The number of rotatable bonds is 15. The molecule has 0 radical (unpaired) electrons. The van der Waals surface area contributed by atoms with Crippen LogP contribution in [0.15, 0.2) is 48.5 Å². The third kappa shape index (κ3) is 8.72. The van der Waals surface area contributed by atoms with E-state index in [9.17, 15) is 9.90 Å². The SMILES string of the molecule is CCC[C@@H](OC[C@H](O)CNC(C)(C)CC1Cc2ccccc2C1)c1ccccc1CCC(=O)OCC. The molecule has 36 heavy (non-hydrogen) atoms. The summed E-state index contributed by atoms with van der Waals surface area (Å²) in [6.45, 7) is 9.59. The van der Waals surface area contributed by atoms with Gasteiger partial charge in [-0.25, -0.2) is 0 Å². The monoisotopic (exact) mass is 495 g/mol. The molecule has 5 nitrogen and oxygen atoms in total. The Labute approximate surface area is 217 Å². The number of aliphatic hydroxyl groups excluding tert-OH is 1. The van der Waals surface area contributed by atoms with Crippen molar-refractivity contribution in [3.8, 4) is 0 Å². The van der Waals surface area contributed by atoms with Crippen molar-refractivity contribution in [1.29, 1.82) is 0 Å². The van der Waals surface area contributed by atoms with Crippen molar-refractivity contribution in [2.45, 2.75) is 90.4 Å². The number of fused-ring (bicyclic) bond motifs is 1. The summed E-state index contributed by atoms with van der Waals surface area (Å²) in [5.41, 5.74) is 5.11. The van der Waals surface area contributed by atoms with E-state index in [0.717, 1.165) is 43.2 Å². The second-order valence-electron chi connectivity index (χ2n) is 10.8. The van der Waals surface area contributed by atoms with Gasteiger partial charge in [-0.3, -0.25) is 4.79 Å². The van der Waals surface area contributed by atoms with Gasteiger partial charge in [0.15, 0.2) is 0 Å². The van der Waals surface area contributed by atoms with E-state index in [1.165, 1.54) is 11.1 Å². The van der Waals surface area contributed by atoms with Crippen molar-refractivity contribution < 1.29 is 19.4 Å². The van der Waals surface area contributed by atoms with Gasteiger partial charge in [-0.15, -0.1) is 0 Å². The molecule has 198 valence electrons. The molecule has 1 aliphatic carbocycles. The number of esters is 1. The third-order valence-corrected chi connectivity index (χ3v) is 7.10. The summed E-state index contributed by atoms with van der Waals surface area (Å²) in [5, 5.41) is 14.3. The standard InChI is InChI=1S/C31H45NO4/c1-5-11-29(28-15-10-9-12-24(28)16-17-30(34)35-6-2)36-22-27(33)21-32-31(3,4)20-23-18-25-13-7-8-14-26(25)19-23/h7-10,12-15,23,27,29,32-33H,5-6,11,16-22H2,1-4H3/t27-,29-/m1/s1. The van der Waals surface area contributed by atoms with Crippen molar-refractivity contribution >= 4 is 5.97 Å². The first-order valence-corrected chi connectivity index (χ1v) is 13.7. The summed E-state index contributed by atoms with van der Waals surface area (Å²) < 4.78 is 11.4. The molecule has 0 amide bonds. The van der Waals surface area contributed by atoms with Crippen molar-refractivity contribution in [2.24, 2.45) is 5.92 Å². The summed E-state index contributed by atoms with van der Waals surface area (Å²) in [4.78, 5) is 11.9. The van der Waals surface area contributed by atoms with Gasteiger partial charge >= 0.3 is 5.97 Å². The van der Waals surface area contributed by atoms with Crippen LogP contribution in [0, 0.1) is 5.92 Å². The zero-order chi connectivity index (χ0) is 26.0. The van der Waals surface area contributed by atoms with Gasteiger partial charge in [-0.2, -0.15) is 0 Å². The average molecular weight is 496 g/mol. The van der Waals surface area contributed by atoms with Crippen LogP contribution in [0.3, 0.4) is 0 Å². The van der Waals surface area contributed by atoms with Crippen molar-refractivity contribution in [2.75, 3.05) is 19.8 Å². The fourth-order valence-corrected chi connectivity index (χ4v) is 5.41. The van der Waals surface area contributed by atoms with E-state index < -0.39 is 6.10 Å². The first kappa shape index (κ1) is 28.4. The topological polar surface area (TPSA) is 67.8 Å². The number of carbonyl (C=O) groups is 1. The van der Waals surface area contributed by atoms with Gasteiger partial charge in [0, 0.05) is 18.5 Å². The van der Waals surface area contributed by atoms with Crippen LogP contribution in [-0.2, 0) is 33.5 Å². The number of ether oxygens (including phenoxy) is 2. The molecule has 0 bridgehead atoms. The lowest BCUT2D eigenvalue weighted by atomic mass is 9.88. The van der Waals surface area contributed by atoms with Gasteiger partial charge in [-0.1, -0.05) is 61.9 Å². The van der Waals surface area contributed by atoms with E-state index in [2.05, 4.69) is 62.5 Å². The molecule has 1 aliphatic rings. The Hall–Kier alpha value is -2.21. The number of hydrogen-bond acceptors (Lipinski definition) is 5. The number of hydrogen-bond donors (Lipinski definition) is 2. The predicted molar refractivity (Wildman–Crippen MR) is 145 cm³/mol. The molecule has 0 aliphatic heterocycles. The lowest BCUT2D eigenvalue weighted by Gasteiger charge is -2.31. The van der Waals surface area contributed by atoms with E-state index in [1.807, 2.05) is 19.1 Å². The van der Waals surface area contributed by atoms with Crippen LogP contribution in [0.5, 0.6) is 0 Å². The average Bonchev–Trinajstić information content (AvgIpc) is 3.26. The molecular weight excluding hydrogens is 450 g/mol. The molecule has 2 aromatic carbocycles. The Morgan fingerprint density at radius 1 is 1.08 bits per heavy atom. The highest BCUT2D eigenvalue weighted by molar-refractivity contribution is 5.69. The van der Waals surface area contributed by atoms with Gasteiger partial charge in [0.1, 0.15) is 0 Å². The minimum atomic E-state index is -0.587. The number of β-amino-alcohol motifs (C(OH)–C–C–N with tert-alkyl or cyclic N) is 1. The van der Waals surface area contributed by atoms with E-state index >= 15 is 0 Å². The fraction of sp³-hybridized carbons (Fsp3) is 0.581. The molecule has 3 rings (SSSR count). The summed E-state index contributed by atoms with van der Waals surface area (Å²) in [7, 11) is 0. The predicted octanol–water partition coefficient (Wildman–Crippen LogP) is 5.57. The number of nitrogens with one attached hydrogen (secondary N) is 1. The van der Waals surface area contributed by atoms with Crippen LogP contribution in [0.25, 0.3) is 0 Å². The fourth-order valence-electron chi connectivity index (χ4n) is 5.41. The molecule has 0 saturated heterocycles. The van der Waals surface area contributed by atoms with E-state index in [0.29, 0.717) is 31.9 Å². The number of benzene rings is 2. The van der Waals surface area contributed by atoms with Crippen molar-refractivity contribution in [1.82, 2.24) is 5.32 Å². The number of aryl methyl sites for hydroxylation is 1. The molecule has 0 unspecified atom stereocenters. The van der Waals surface area contributed by atoms with Gasteiger partial charge in [0.2, 0.25) is 0 Å². The van der Waals surface area contributed by atoms with E-state index in [-0.39, 0.29) is 24.2 Å². The Bertz CT molecular complexity index is 932. The van der Waals surface area contributed by atoms with Crippen LogP contribution in [-0.4, -0.2) is 42.5 Å². The quantitative estimate of drug-likeness (QED) is 0.316. The summed E-state index contributed by atoms with van der Waals surface area (Å²) in [6.07, 6.45) is 5.49. The molecular formula is C31H45NO4. The van der Waals surface area contributed by atoms with Gasteiger partial charge in [-0.05, 0) is 81.0 Å². The molecule has 0 fully saturated rings. The number of aliphatic hydroxyl groups is 1. The third-order valence-electron chi connectivity index (χ3n) is 7.10. The summed E-state index contributed by atoms with van der Waals surface area (Å²) >= 11 is 0. The molecule has 0 spiro atoms. The van der Waals surface area contributed by atoms with Crippen molar-refractivity contribution in [3.05, 3.63) is 70.8 Å².